The zero-order chi connectivity index (χ0) is 12.3. The summed E-state index contributed by atoms with van der Waals surface area (Å²) >= 11 is 0. The highest BCUT2D eigenvalue weighted by Gasteiger charge is 2.23. The Kier molecular flexibility index (Phi) is 3.98. The Morgan fingerprint density at radius 2 is 1.75 bits per heavy atom. The predicted octanol–water partition coefficient (Wildman–Crippen LogP) is 3.32. The monoisotopic (exact) mass is 222 g/mol. The second kappa shape index (κ2) is 4.88. The number of aryl methyl sites for hydroxylation is 2. The Bertz CT molecular complexity index is 344. The van der Waals surface area contributed by atoms with Crippen LogP contribution in [0.25, 0.3) is 0 Å². The van der Waals surface area contributed by atoms with Crippen LogP contribution in [0.1, 0.15) is 43.4 Å². The first-order chi connectivity index (χ1) is 7.42. The van der Waals surface area contributed by atoms with Crippen LogP contribution >= 0.6 is 0 Å². The van der Waals surface area contributed by atoms with Crippen molar-refractivity contribution in [3.63, 3.8) is 0 Å². The van der Waals surface area contributed by atoms with Gasteiger partial charge in [0.15, 0.2) is 0 Å². The molecule has 2 nitrogen and oxygen atoms in total. The van der Waals surface area contributed by atoms with Gasteiger partial charge >= 0.3 is 0 Å². The van der Waals surface area contributed by atoms with Crippen LogP contribution in [-0.4, -0.2) is 12.2 Å². The summed E-state index contributed by atoms with van der Waals surface area (Å²) in [4.78, 5) is 0. The second-order valence-corrected chi connectivity index (χ2v) is 4.67. The van der Waals surface area contributed by atoms with E-state index in [-0.39, 0.29) is 0 Å². The highest BCUT2D eigenvalue weighted by atomic mass is 16.5. The molecule has 0 aliphatic heterocycles. The summed E-state index contributed by atoms with van der Waals surface area (Å²) in [5, 5.41) is 10.4. The Morgan fingerprint density at radius 1 is 1.25 bits per heavy atom. The summed E-state index contributed by atoms with van der Waals surface area (Å²) in [5.74, 6) is 0.913. The molecule has 90 valence electrons. The van der Waals surface area contributed by atoms with Gasteiger partial charge in [-0.25, -0.2) is 0 Å². The van der Waals surface area contributed by atoms with Crippen LogP contribution in [0.5, 0.6) is 5.75 Å². The first-order valence-corrected chi connectivity index (χ1v) is 5.80. The number of hydrogen-bond acceptors (Lipinski definition) is 2. The molecule has 0 aliphatic carbocycles. The molecule has 2 heteroatoms. The zero-order valence-corrected chi connectivity index (χ0v) is 10.9. The molecule has 1 rings (SSSR count). The van der Waals surface area contributed by atoms with E-state index in [1.54, 1.807) is 7.11 Å². The summed E-state index contributed by atoms with van der Waals surface area (Å²) in [5.41, 5.74) is 2.39. The lowest BCUT2D eigenvalue weighted by Crippen LogP contribution is -2.21. The van der Waals surface area contributed by atoms with Gasteiger partial charge in [0.25, 0.3) is 0 Å². The van der Waals surface area contributed by atoms with Crippen LogP contribution in [0.4, 0.5) is 0 Å². The maximum atomic E-state index is 10.4. The third-order valence-electron chi connectivity index (χ3n) is 3.02. The molecule has 0 spiro atoms. The molecule has 1 aromatic rings. The molecule has 0 bridgehead atoms. The number of benzene rings is 1. The lowest BCUT2D eigenvalue weighted by atomic mass is 9.89. The van der Waals surface area contributed by atoms with Gasteiger partial charge < -0.3 is 9.84 Å². The molecule has 0 saturated carbocycles. The smallest absolute Gasteiger partial charge is 0.124 e. The van der Waals surface area contributed by atoms with Crippen LogP contribution in [0.2, 0.25) is 0 Å². The van der Waals surface area contributed by atoms with Crippen molar-refractivity contribution in [3.8, 4) is 5.75 Å². The Morgan fingerprint density at radius 3 is 2.12 bits per heavy atom. The minimum Gasteiger partial charge on any atom is -0.496 e. The molecular weight excluding hydrogens is 200 g/mol. The Hall–Kier alpha value is -1.02. The quantitative estimate of drug-likeness (QED) is 0.846. The van der Waals surface area contributed by atoms with Gasteiger partial charge in [-0.2, -0.15) is 0 Å². The van der Waals surface area contributed by atoms with E-state index in [4.69, 9.17) is 4.74 Å². The predicted molar refractivity (Wildman–Crippen MR) is 66.9 cm³/mol. The van der Waals surface area contributed by atoms with Crippen LogP contribution in [-0.2, 0) is 5.60 Å². The van der Waals surface area contributed by atoms with E-state index in [1.807, 2.05) is 32.9 Å². The fraction of sp³-hybridized carbons (Fsp3) is 0.571. The third kappa shape index (κ3) is 2.56. The Labute approximate surface area is 98.3 Å². The molecule has 0 aliphatic rings. The zero-order valence-electron chi connectivity index (χ0n) is 10.9. The van der Waals surface area contributed by atoms with Crippen LogP contribution in [0, 0.1) is 13.8 Å². The van der Waals surface area contributed by atoms with Crippen LogP contribution < -0.4 is 4.74 Å². The molecule has 1 atom stereocenters. The first kappa shape index (κ1) is 13.0. The van der Waals surface area contributed by atoms with Gasteiger partial charge in [0.2, 0.25) is 0 Å². The van der Waals surface area contributed by atoms with E-state index in [9.17, 15) is 5.11 Å². The molecule has 0 heterocycles. The van der Waals surface area contributed by atoms with Crippen molar-refractivity contribution < 1.29 is 9.84 Å². The van der Waals surface area contributed by atoms with Crippen LogP contribution in [0.3, 0.4) is 0 Å². The molecular formula is C14H22O2. The number of aliphatic hydroxyl groups is 1. The van der Waals surface area contributed by atoms with Crippen LogP contribution in [0.15, 0.2) is 12.1 Å². The number of hydrogen-bond donors (Lipinski definition) is 1. The summed E-state index contributed by atoms with van der Waals surface area (Å²) in [7, 11) is 1.68. The first-order valence-electron chi connectivity index (χ1n) is 5.80. The van der Waals surface area contributed by atoms with E-state index < -0.39 is 5.60 Å². The fourth-order valence-electron chi connectivity index (χ4n) is 2.21. The highest BCUT2D eigenvalue weighted by Crippen LogP contribution is 2.32. The molecule has 0 unspecified atom stereocenters. The molecule has 0 radical (unpaired) electrons. The molecule has 16 heavy (non-hydrogen) atoms. The van der Waals surface area contributed by atoms with Crippen molar-refractivity contribution in [2.24, 2.45) is 0 Å². The van der Waals surface area contributed by atoms with Gasteiger partial charge in [-0.3, -0.25) is 0 Å². The van der Waals surface area contributed by atoms with Gasteiger partial charge in [-0.15, -0.1) is 0 Å². The maximum absolute atomic E-state index is 10.4. The second-order valence-electron chi connectivity index (χ2n) is 4.67. The lowest BCUT2D eigenvalue weighted by molar-refractivity contribution is 0.0468. The van der Waals surface area contributed by atoms with E-state index in [0.717, 1.165) is 35.3 Å². The standard InChI is InChI=1S/C14H22O2/c1-6-7-14(4,15)12-8-10(2)13(16-5)11(3)9-12/h8-9,15H,6-7H2,1-5H3/t14-/m1/s1. The average Bonchev–Trinajstić information content (AvgIpc) is 2.17. The van der Waals surface area contributed by atoms with E-state index >= 15 is 0 Å². The highest BCUT2D eigenvalue weighted by molar-refractivity contribution is 5.44. The fourth-order valence-corrected chi connectivity index (χ4v) is 2.21. The number of methoxy groups -OCH3 is 1. The molecule has 0 amide bonds. The summed E-state index contributed by atoms with van der Waals surface area (Å²) in [6.07, 6.45) is 1.75. The third-order valence-corrected chi connectivity index (χ3v) is 3.02. The van der Waals surface area contributed by atoms with Crippen molar-refractivity contribution in [2.75, 3.05) is 7.11 Å². The molecule has 0 fully saturated rings. The maximum Gasteiger partial charge on any atom is 0.124 e. The van der Waals surface area contributed by atoms with Crippen molar-refractivity contribution in [1.82, 2.24) is 0 Å². The molecule has 0 saturated heterocycles. The largest absolute Gasteiger partial charge is 0.496 e. The van der Waals surface area contributed by atoms with Crippen molar-refractivity contribution >= 4 is 0 Å². The van der Waals surface area contributed by atoms with Gasteiger partial charge in [0, 0.05) is 0 Å². The van der Waals surface area contributed by atoms with E-state index in [2.05, 4.69) is 6.92 Å². The normalized spacial score (nSPS) is 14.6. The van der Waals surface area contributed by atoms with Gasteiger partial charge in [0.05, 0.1) is 12.7 Å². The van der Waals surface area contributed by atoms with E-state index in [0.29, 0.717) is 0 Å². The van der Waals surface area contributed by atoms with E-state index in [1.165, 1.54) is 0 Å². The molecule has 1 N–H and O–H groups in total. The van der Waals surface area contributed by atoms with Crippen molar-refractivity contribution in [2.45, 2.75) is 46.1 Å². The minimum atomic E-state index is -0.740. The summed E-state index contributed by atoms with van der Waals surface area (Å²) < 4.78 is 5.32. The number of ether oxygens (including phenoxy) is 1. The van der Waals surface area contributed by atoms with Gasteiger partial charge in [0.1, 0.15) is 5.75 Å². The summed E-state index contributed by atoms with van der Waals surface area (Å²) in [6.45, 7) is 7.98. The van der Waals surface area contributed by atoms with Gasteiger partial charge in [-0.1, -0.05) is 13.3 Å². The average molecular weight is 222 g/mol. The summed E-state index contributed by atoms with van der Waals surface area (Å²) in [6, 6.07) is 4.03. The Balaban J connectivity index is 3.17. The minimum absolute atomic E-state index is 0.740. The van der Waals surface area contributed by atoms with Crippen molar-refractivity contribution in [3.05, 3.63) is 28.8 Å². The number of rotatable bonds is 4. The molecule has 1 aromatic carbocycles. The SMILES string of the molecule is CCC[C@@](C)(O)c1cc(C)c(OC)c(C)c1. The van der Waals surface area contributed by atoms with Crippen molar-refractivity contribution in [1.29, 1.82) is 0 Å². The molecule has 0 aromatic heterocycles. The van der Waals surface area contributed by atoms with Gasteiger partial charge in [-0.05, 0) is 56.0 Å². The lowest BCUT2D eigenvalue weighted by Gasteiger charge is -2.25. The topological polar surface area (TPSA) is 29.5 Å².